The van der Waals surface area contributed by atoms with Gasteiger partial charge in [0, 0.05) is 42.1 Å². The van der Waals surface area contributed by atoms with E-state index in [2.05, 4.69) is 9.71 Å². The lowest BCUT2D eigenvalue weighted by atomic mass is 9.98. The van der Waals surface area contributed by atoms with E-state index in [-0.39, 0.29) is 47.5 Å². The fraction of sp³-hybridized carbons (Fsp3) is 0.480. The molecule has 0 fully saturated rings. The lowest BCUT2D eigenvalue weighted by Crippen LogP contribution is -2.43. The van der Waals surface area contributed by atoms with Gasteiger partial charge in [-0.25, -0.2) is 17.9 Å². The maximum absolute atomic E-state index is 13.3. The maximum atomic E-state index is 13.3. The smallest absolute Gasteiger partial charge is 0.411 e. The molecular formula is C25H35ClN4O6S. The third-order valence-corrected chi connectivity index (χ3v) is 6.74. The Balaban J connectivity index is 2.09. The predicted octanol–water partition coefficient (Wildman–Crippen LogP) is 4.11. The lowest BCUT2D eigenvalue weighted by molar-refractivity contribution is 0.0717. The van der Waals surface area contributed by atoms with Crippen LogP contribution in [0.4, 0.5) is 10.5 Å². The number of carbonyl (C=O) groups excluding carboxylic acids is 1. The number of aromatic nitrogens is 1. The SMILES string of the molecule is CC(C)N(CCS(=O)(=O)NCC(C)(C)C)C(=O)c1cc(Cl)cc(OCCN(C(=O)O)c2ccncc2)c1. The lowest BCUT2D eigenvalue weighted by Gasteiger charge is -2.27. The van der Waals surface area contributed by atoms with Crippen LogP contribution >= 0.6 is 11.6 Å². The Morgan fingerprint density at radius 1 is 1.14 bits per heavy atom. The first-order chi connectivity index (χ1) is 17.2. The number of nitrogens with zero attached hydrogens (tertiary/aromatic N) is 3. The van der Waals surface area contributed by atoms with Crippen molar-refractivity contribution in [3.8, 4) is 5.75 Å². The van der Waals surface area contributed by atoms with Gasteiger partial charge >= 0.3 is 6.09 Å². The molecule has 0 aliphatic carbocycles. The van der Waals surface area contributed by atoms with E-state index in [0.29, 0.717) is 18.0 Å². The van der Waals surface area contributed by atoms with Crippen molar-refractivity contribution >= 4 is 39.3 Å². The van der Waals surface area contributed by atoms with Crippen molar-refractivity contribution in [3.63, 3.8) is 0 Å². The quantitative estimate of drug-likeness (QED) is 0.404. The second-order valence-electron chi connectivity index (χ2n) is 9.96. The summed E-state index contributed by atoms with van der Waals surface area (Å²) < 4.78 is 33.2. The highest BCUT2D eigenvalue weighted by atomic mass is 35.5. The summed E-state index contributed by atoms with van der Waals surface area (Å²) >= 11 is 6.23. The molecule has 0 saturated heterocycles. The van der Waals surface area contributed by atoms with Crippen LogP contribution in [0.2, 0.25) is 5.02 Å². The molecule has 2 amide bonds. The molecular weight excluding hydrogens is 520 g/mol. The first kappa shape index (κ1) is 30.3. The Kier molecular flexibility index (Phi) is 10.7. The summed E-state index contributed by atoms with van der Waals surface area (Å²) in [5.41, 5.74) is 0.477. The van der Waals surface area contributed by atoms with Gasteiger partial charge in [-0.3, -0.25) is 14.7 Å². The van der Waals surface area contributed by atoms with Gasteiger partial charge in [0.15, 0.2) is 0 Å². The topological polar surface area (TPSA) is 129 Å². The summed E-state index contributed by atoms with van der Waals surface area (Å²) in [4.78, 5) is 31.4. The van der Waals surface area contributed by atoms with Gasteiger partial charge in [0.2, 0.25) is 10.0 Å². The number of amides is 2. The summed E-state index contributed by atoms with van der Waals surface area (Å²) in [5.74, 6) is -0.340. The van der Waals surface area contributed by atoms with Crippen LogP contribution in [0.5, 0.6) is 5.75 Å². The van der Waals surface area contributed by atoms with Crippen molar-refractivity contribution in [2.45, 2.75) is 40.7 Å². The fourth-order valence-corrected chi connectivity index (χ4v) is 4.72. The zero-order valence-electron chi connectivity index (χ0n) is 21.8. The average molecular weight is 555 g/mol. The number of halogens is 1. The molecule has 0 radical (unpaired) electrons. The Morgan fingerprint density at radius 3 is 2.35 bits per heavy atom. The molecule has 0 aliphatic heterocycles. The van der Waals surface area contributed by atoms with Crippen LogP contribution in [0, 0.1) is 5.41 Å². The van der Waals surface area contributed by atoms with Crippen LogP contribution in [-0.2, 0) is 10.0 Å². The number of hydrogen-bond donors (Lipinski definition) is 2. The van der Waals surface area contributed by atoms with Gasteiger partial charge in [-0.15, -0.1) is 0 Å². The van der Waals surface area contributed by atoms with Crippen molar-refractivity contribution < 1.29 is 27.9 Å². The van der Waals surface area contributed by atoms with Gasteiger partial charge in [-0.05, 0) is 49.6 Å². The minimum Gasteiger partial charge on any atom is -0.492 e. The Bertz CT molecular complexity index is 1170. The summed E-state index contributed by atoms with van der Waals surface area (Å²) in [6.07, 6.45) is 1.84. The zero-order chi connectivity index (χ0) is 27.8. The van der Waals surface area contributed by atoms with E-state index in [1.54, 1.807) is 26.0 Å². The normalized spacial score (nSPS) is 11.9. The first-order valence-electron chi connectivity index (χ1n) is 11.8. The fourth-order valence-electron chi connectivity index (χ4n) is 3.26. The highest BCUT2D eigenvalue weighted by Crippen LogP contribution is 2.23. The molecule has 37 heavy (non-hydrogen) atoms. The number of rotatable bonds is 12. The number of benzene rings is 1. The Morgan fingerprint density at radius 2 is 1.78 bits per heavy atom. The molecule has 10 nitrogen and oxygen atoms in total. The molecule has 0 aliphatic rings. The van der Waals surface area contributed by atoms with Crippen LogP contribution in [0.3, 0.4) is 0 Å². The van der Waals surface area contributed by atoms with Crippen molar-refractivity contribution in [2.24, 2.45) is 5.41 Å². The molecule has 0 bridgehead atoms. The van der Waals surface area contributed by atoms with Crippen LogP contribution in [-0.4, -0.2) is 73.4 Å². The number of pyridine rings is 1. The monoisotopic (exact) mass is 554 g/mol. The molecule has 0 saturated carbocycles. The van der Waals surface area contributed by atoms with Crippen molar-refractivity contribution in [1.82, 2.24) is 14.6 Å². The molecule has 0 atom stereocenters. The summed E-state index contributed by atoms with van der Waals surface area (Å²) in [5, 5.41) is 9.77. The van der Waals surface area contributed by atoms with Crippen LogP contribution in [0.15, 0.2) is 42.7 Å². The van der Waals surface area contributed by atoms with Crippen molar-refractivity contribution in [2.75, 3.05) is 36.9 Å². The van der Waals surface area contributed by atoms with E-state index < -0.39 is 22.0 Å². The molecule has 2 N–H and O–H groups in total. The highest BCUT2D eigenvalue weighted by molar-refractivity contribution is 7.89. The molecule has 1 aromatic heterocycles. The Labute approximate surface area is 223 Å². The standard InChI is InChI=1S/C25H35ClN4O6S/c1-18(2)29(11-13-37(34,35)28-17-25(3,4)5)23(31)19-14-20(26)16-22(15-19)36-12-10-30(24(32)33)21-6-8-27-9-7-21/h6-9,14-16,18,28H,10-13,17H2,1-5H3,(H,32,33). The number of hydrogen-bond acceptors (Lipinski definition) is 6. The zero-order valence-corrected chi connectivity index (χ0v) is 23.3. The Hall–Kier alpha value is -2.89. The van der Waals surface area contributed by atoms with Crippen molar-refractivity contribution in [3.05, 3.63) is 53.3 Å². The largest absolute Gasteiger partial charge is 0.492 e. The third kappa shape index (κ3) is 10.2. The molecule has 2 rings (SSSR count). The predicted molar refractivity (Wildman–Crippen MR) is 144 cm³/mol. The number of carboxylic acid groups (broad SMARTS) is 1. The number of anilines is 1. The molecule has 204 valence electrons. The van der Waals surface area contributed by atoms with E-state index in [1.807, 2.05) is 20.8 Å². The third-order valence-electron chi connectivity index (χ3n) is 5.21. The highest BCUT2D eigenvalue weighted by Gasteiger charge is 2.24. The van der Waals surface area contributed by atoms with Crippen LogP contribution < -0.4 is 14.4 Å². The van der Waals surface area contributed by atoms with Crippen LogP contribution in [0.25, 0.3) is 0 Å². The van der Waals surface area contributed by atoms with Gasteiger partial charge in [0.25, 0.3) is 5.91 Å². The summed E-state index contributed by atoms with van der Waals surface area (Å²) in [6, 6.07) is 7.40. The number of nitrogens with one attached hydrogen (secondary N) is 1. The van der Waals surface area contributed by atoms with Gasteiger partial charge in [-0.2, -0.15) is 0 Å². The van der Waals surface area contributed by atoms with E-state index in [1.165, 1.54) is 35.5 Å². The molecule has 0 spiro atoms. The van der Waals surface area contributed by atoms with Crippen molar-refractivity contribution in [1.29, 1.82) is 0 Å². The molecule has 1 heterocycles. The van der Waals surface area contributed by atoms with Gasteiger partial charge in [0.1, 0.15) is 12.4 Å². The number of sulfonamides is 1. The second kappa shape index (κ2) is 13.1. The van der Waals surface area contributed by atoms with Crippen LogP contribution in [0.1, 0.15) is 45.0 Å². The van der Waals surface area contributed by atoms with E-state index in [0.717, 1.165) is 4.90 Å². The second-order valence-corrected chi connectivity index (χ2v) is 12.3. The molecule has 2 aromatic rings. The minimum atomic E-state index is -3.58. The first-order valence-corrected chi connectivity index (χ1v) is 13.8. The maximum Gasteiger partial charge on any atom is 0.411 e. The average Bonchev–Trinajstić information content (AvgIpc) is 2.80. The summed E-state index contributed by atoms with van der Waals surface area (Å²) in [6.45, 7) is 9.71. The molecule has 12 heteroatoms. The van der Waals surface area contributed by atoms with Gasteiger partial charge in [-0.1, -0.05) is 32.4 Å². The summed E-state index contributed by atoms with van der Waals surface area (Å²) in [7, 11) is -3.58. The molecule has 1 aromatic carbocycles. The number of ether oxygens (including phenoxy) is 1. The van der Waals surface area contributed by atoms with E-state index in [9.17, 15) is 23.1 Å². The molecule has 0 unspecified atom stereocenters. The van der Waals surface area contributed by atoms with Gasteiger partial charge < -0.3 is 14.7 Å². The minimum absolute atomic E-state index is 0.00180. The van der Waals surface area contributed by atoms with E-state index in [4.69, 9.17) is 16.3 Å². The van der Waals surface area contributed by atoms with E-state index >= 15 is 0 Å². The van der Waals surface area contributed by atoms with Gasteiger partial charge in [0.05, 0.1) is 18.0 Å². The number of carbonyl (C=O) groups is 2.